The van der Waals surface area contributed by atoms with E-state index in [1.807, 2.05) is 17.0 Å². The van der Waals surface area contributed by atoms with Gasteiger partial charge in [-0.05, 0) is 57.2 Å². The first-order valence-corrected chi connectivity index (χ1v) is 11.1. The van der Waals surface area contributed by atoms with Crippen LogP contribution in [0, 0.1) is 0 Å². The minimum absolute atomic E-state index is 0.0393. The number of amides is 2. The Bertz CT molecular complexity index is 921. The van der Waals surface area contributed by atoms with E-state index < -0.39 is 6.10 Å². The predicted molar refractivity (Wildman–Crippen MR) is 126 cm³/mol. The van der Waals surface area contributed by atoms with Crippen molar-refractivity contribution in [1.29, 1.82) is 0 Å². The maximum atomic E-state index is 13.0. The lowest BCUT2D eigenvalue weighted by atomic mass is 10.1. The smallest absolute Gasteiger partial charge is 0.253 e. The molecule has 1 aromatic heterocycles. The van der Waals surface area contributed by atoms with Crippen molar-refractivity contribution < 1.29 is 14.7 Å². The zero-order valence-electron chi connectivity index (χ0n) is 19.3. The summed E-state index contributed by atoms with van der Waals surface area (Å²) in [5.41, 5.74) is 2.06. The summed E-state index contributed by atoms with van der Waals surface area (Å²) in [6.07, 6.45) is 1.20. The largest absolute Gasteiger partial charge is 0.392 e. The molecule has 2 N–H and O–H groups in total. The van der Waals surface area contributed by atoms with Crippen molar-refractivity contribution in [3.05, 3.63) is 53.7 Å². The first-order valence-electron chi connectivity index (χ1n) is 11.1. The second-order valence-electron chi connectivity index (χ2n) is 8.56. The Morgan fingerprint density at radius 1 is 1.06 bits per heavy atom. The van der Waals surface area contributed by atoms with Gasteiger partial charge in [-0.2, -0.15) is 0 Å². The van der Waals surface area contributed by atoms with Crippen LogP contribution in [0.15, 0.2) is 42.6 Å². The zero-order chi connectivity index (χ0) is 23.3. The molecule has 1 unspecified atom stereocenters. The van der Waals surface area contributed by atoms with Gasteiger partial charge in [0.1, 0.15) is 0 Å². The predicted octanol–water partition coefficient (Wildman–Crippen LogP) is 2.32. The molecular formula is C24H33N5O3. The monoisotopic (exact) mass is 439 g/mol. The van der Waals surface area contributed by atoms with E-state index >= 15 is 0 Å². The number of carbonyl (C=O) groups is 2. The number of benzene rings is 1. The number of anilines is 2. The number of aliphatic hydroxyl groups is 1. The lowest BCUT2D eigenvalue weighted by Gasteiger charge is -2.36. The molecule has 1 aliphatic rings. The molecule has 2 heterocycles. The van der Waals surface area contributed by atoms with Crippen LogP contribution in [-0.2, 0) is 0 Å². The van der Waals surface area contributed by atoms with E-state index in [1.54, 1.807) is 44.4 Å². The van der Waals surface area contributed by atoms with E-state index in [-0.39, 0.29) is 18.4 Å². The highest BCUT2D eigenvalue weighted by Gasteiger charge is 2.24. The Balaban J connectivity index is 1.61. The van der Waals surface area contributed by atoms with Gasteiger partial charge in [0.05, 0.1) is 11.8 Å². The lowest BCUT2D eigenvalue weighted by Crippen LogP contribution is -2.49. The Kier molecular flexibility index (Phi) is 7.69. The van der Waals surface area contributed by atoms with Crippen LogP contribution in [0.25, 0.3) is 0 Å². The highest BCUT2D eigenvalue weighted by Crippen LogP contribution is 2.25. The van der Waals surface area contributed by atoms with Crippen LogP contribution in [-0.4, -0.2) is 83.6 Å². The summed E-state index contributed by atoms with van der Waals surface area (Å²) in [4.78, 5) is 35.5. The summed E-state index contributed by atoms with van der Waals surface area (Å²) >= 11 is 0. The van der Waals surface area contributed by atoms with Crippen LogP contribution in [0.2, 0.25) is 0 Å². The number of pyridine rings is 1. The topological polar surface area (TPSA) is 89.0 Å². The molecule has 1 aromatic carbocycles. The SMILES string of the molecule is CC(O)CN(C)C(=O)c1ccc(C(=O)N2CCN(c3ncccc3NC(C)C)CC2)cc1. The molecule has 1 aliphatic heterocycles. The Morgan fingerprint density at radius 3 is 2.28 bits per heavy atom. The number of carbonyl (C=O) groups excluding carboxylic acids is 2. The Labute approximate surface area is 189 Å². The third-order valence-electron chi connectivity index (χ3n) is 5.36. The molecule has 8 nitrogen and oxygen atoms in total. The summed E-state index contributed by atoms with van der Waals surface area (Å²) in [5, 5.41) is 12.9. The van der Waals surface area contributed by atoms with Crippen LogP contribution in [0.1, 0.15) is 41.5 Å². The number of nitrogens with zero attached hydrogens (tertiary/aromatic N) is 4. The number of aliphatic hydroxyl groups excluding tert-OH is 1. The zero-order valence-corrected chi connectivity index (χ0v) is 19.3. The number of hydrogen-bond acceptors (Lipinski definition) is 6. The summed E-state index contributed by atoms with van der Waals surface area (Å²) in [5.74, 6) is 0.694. The van der Waals surface area contributed by atoms with Gasteiger partial charge in [-0.1, -0.05) is 0 Å². The van der Waals surface area contributed by atoms with Gasteiger partial charge in [0, 0.05) is 63.1 Å². The molecule has 0 radical (unpaired) electrons. The number of hydrogen-bond donors (Lipinski definition) is 2. The van der Waals surface area contributed by atoms with Crippen LogP contribution in [0.5, 0.6) is 0 Å². The van der Waals surface area contributed by atoms with Crippen molar-refractivity contribution in [1.82, 2.24) is 14.8 Å². The average Bonchev–Trinajstić information content (AvgIpc) is 2.78. The molecule has 1 saturated heterocycles. The first-order chi connectivity index (χ1) is 15.3. The van der Waals surface area contributed by atoms with Gasteiger partial charge in [-0.25, -0.2) is 4.98 Å². The normalized spacial score (nSPS) is 14.9. The molecular weight excluding hydrogens is 406 g/mol. The molecule has 3 rings (SSSR count). The van der Waals surface area contributed by atoms with Gasteiger partial charge in [-0.15, -0.1) is 0 Å². The summed E-state index contributed by atoms with van der Waals surface area (Å²) in [6, 6.07) is 11.0. The minimum atomic E-state index is -0.591. The minimum Gasteiger partial charge on any atom is -0.392 e. The molecule has 8 heteroatoms. The third kappa shape index (κ3) is 5.76. The maximum absolute atomic E-state index is 13.0. The van der Waals surface area contributed by atoms with Gasteiger partial charge >= 0.3 is 0 Å². The molecule has 0 saturated carbocycles. The number of rotatable bonds is 7. The fourth-order valence-corrected chi connectivity index (χ4v) is 3.83. The number of nitrogens with one attached hydrogen (secondary N) is 1. The van der Waals surface area contributed by atoms with Crippen LogP contribution < -0.4 is 10.2 Å². The molecule has 1 atom stereocenters. The quantitative estimate of drug-likeness (QED) is 0.688. The standard InChI is InChI=1S/C24H33N5O3/c1-17(2)26-21-6-5-11-25-22(21)28-12-14-29(15-13-28)24(32)20-9-7-19(8-10-20)23(31)27(4)16-18(3)30/h5-11,17-18,26,30H,12-16H2,1-4H3. The highest BCUT2D eigenvalue weighted by molar-refractivity contribution is 5.97. The van der Waals surface area contributed by atoms with E-state index in [2.05, 4.69) is 29.0 Å². The summed E-state index contributed by atoms with van der Waals surface area (Å²) < 4.78 is 0. The van der Waals surface area contributed by atoms with Crippen LogP contribution in [0.4, 0.5) is 11.5 Å². The van der Waals surface area contributed by atoms with E-state index in [1.165, 1.54) is 4.90 Å². The van der Waals surface area contributed by atoms with Crippen molar-refractivity contribution in [3.63, 3.8) is 0 Å². The van der Waals surface area contributed by atoms with Gasteiger partial charge in [-0.3, -0.25) is 9.59 Å². The van der Waals surface area contributed by atoms with Gasteiger partial charge in [0.2, 0.25) is 0 Å². The van der Waals surface area contributed by atoms with Crippen LogP contribution in [0.3, 0.4) is 0 Å². The van der Waals surface area contributed by atoms with E-state index in [9.17, 15) is 14.7 Å². The Morgan fingerprint density at radius 2 is 1.69 bits per heavy atom. The van der Waals surface area contributed by atoms with E-state index in [0.29, 0.717) is 43.3 Å². The van der Waals surface area contributed by atoms with Crippen LogP contribution >= 0.6 is 0 Å². The lowest BCUT2D eigenvalue weighted by molar-refractivity contribution is 0.0701. The number of likely N-dealkylation sites (N-methyl/N-ethyl adjacent to an activating group) is 1. The molecule has 172 valence electrons. The van der Waals surface area contributed by atoms with E-state index in [4.69, 9.17) is 0 Å². The molecule has 0 aliphatic carbocycles. The fraction of sp³-hybridized carbons (Fsp3) is 0.458. The van der Waals surface area contributed by atoms with Gasteiger partial charge in [0.25, 0.3) is 11.8 Å². The average molecular weight is 440 g/mol. The van der Waals surface area contributed by atoms with Crippen molar-refractivity contribution in [2.24, 2.45) is 0 Å². The van der Waals surface area contributed by atoms with Crippen molar-refractivity contribution in [3.8, 4) is 0 Å². The number of aromatic nitrogens is 1. The Hall–Kier alpha value is -3.13. The summed E-state index contributed by atoms with van der Waals surface area (Å²) in [7, 11) is 1.65. The third-order valence-corrected chi connectivity index (χ3v) is 5.36. The number of piperazine rings is 1. The molecule has 0 bridgehead atoms. The van der Waals surface area contributed by atoms with Gasteiger partial charge < -0.3 is 25.1 Å². The van der Waals surface area contributed by atoms with Crippen molar-refractivity contribution in [2.75, 3.05) is 50.0 Å². The van der Waals surface area contributed by atoms with E-state index in [0.717, 1.165) is 11.5 Å². The van der Waals surface area contributed by atoms with Crippen molar-refractivity contribution in [2.45, 2.75) is 32.9 Å². The summed E-state index contributed by atoms with van der Waals surface area (Å²) in [6.45, 7) is 8.71. The second kappa shape index (κ2) is 10.5. The molecule has 0 spiro atoms. The maximum Gasteiger partial charge on any atom is 0.253 e. The molecule has 1 fully saturated rings. The first kappa shape index (κ1) is 23.5. The van der Waals surface area contributed by atoms with Crippen molar-refractivity contribution >= 4 is 23.3 Å². The van der Waals surface area contributed by atoms with Gasteiger partial charge in [0.15, 0.2) is 5.82 Å². The molecule has 2 amide bonds. The molecule has 32 heavy (non-hydrogen) atoms. The fourth-order valence-electron chi connectivity index (χ4n) is 3.83. The second-order valence-corrected chi connectivity index (χ2v) is 8.56. The highest BCUT2D eigenvalue weighted by atomic mass is 16.3. The molecule has 2 aromatic rings.